The van der Waals surface area contributed by atoms with Crippen LogP contribution in [0.25, 0.3) is 0 Å². The van der Waals surface area contributed by atoms with Crippen molar-refractivity contribution in [1.29, 1.82) is 0 Å². The highest BCUT2D eigenvalue weighted by atomic mass is 35.5. The summed E-state index contributed by atoms with van der Waals surface area (Å²) >= 11 is 7.91. The van der Waals surface area contributed by atoms with E-state index in [1.54, 1.807) is 18.7 Å². The van der Waals surface area contributed by atoms with Crippen LogP contribution in [0.2, 0.25) is 5.02 Å². The largest absolute Gasteiger partial charge is 0.418 e. The number of halogens is 4. The van der Waals surface area contributed by atoms with Gasteiger partial charge in [-0.15, -0.1) is 10.2 Å². The lowest BCUT2D eigenvalue weighted by Crippen LogP contribution is -2.32. The van der Waals surface area contributed by atoms with Crippen molar-refractivity contribution in [2.75, 3.05) is 10.2 Å². The number of nitrogens with zero attached hydrogens (tertiary/aromatic N) is 3. The number of hydrogen-bond acceptors (Lipinski definition) is 6. The van der Waals surface area contributed by atoms with Crippen LogP contribution in [0.5, 0.6) is 0 Å². The fraction of sp³-hybridized carbons (Fsp3) is 0.444. The number of anilines is 2. The molecule has 12 heteroatoms. The van der Waals surface area contributed by atoms with E-state index in [9.17, 15) is 22.8 Å². The van der Waals surface area contributed by atoms with Crippen molar-refractivity contribution in [2.24, 2.45) is 0 Å². The van der Waals surface area contributed by atoms with Crippen LogP contribution in [0.3, 0.4) is 0 Å². The van der Waals surface area contributed by atoms with E-state index in [1.807, 2.05) is 0 Å². The minimum absolute atomic E-state index is 0.0431. The predicted molar refractivity (Wildman–Crippen MR) is 111 cm³/mol. The molecule has 1 aromatic carbocycles. The van der Waals surface area contributed by atoms with Gasteiger partial charge in [0, 0.05) is 17.5 Å². The second kappa shape index (κ2) is 9.11. The van der Waals surface area contributed by atoms with Gasteiger partial charge in [-0.2, -0.15) is 13.2 Å². The Hall–Kier alpha value is -1.85. The lowest BCUT2D eigenvalue weighted by Gasteiger charge is -2.17. The second-order valence-electron chi connectivity index (χ2n) is 6.64. The SMILES string of the molecule is CCC(=O)N(c1nnc(SC(C)C(=O)Nc2ccc(Cl)cc2C(F)(F)F)s1)C1CC1. The fourth-order valence-electron chi connectivity index (χ4n) is 2.62. The van der Waals surface area contributed by atoms with Gasteiger partial charge in [0.2, 0.25) is 16.9 Å². The zero-order chi connectivity index (χ0) is 22.1. The van der Waals surface area contributed by atoms with Gasteiger partial charge in [0.1, 0.15) is 0 Å². The molecule has 6 nitrogen and oxygen atoms in total. The van der Waals surface area contributed by atoms with Crippen LogP contribution in [0.15, 0.2) is 22.5 Å². The quantitative estimate of drug-likeness (QED) is 0.435. The Balaban J connectivity index is 1.69. The summed E-state index contributed by atoms with van der Waals surface area (Å²) < 4.78 is 40.1. The van der Waals surface area contributed by atoms with E-state index in [1.165, 1.54) is 17.4 Å². The normalized spacial score (nSPS) is 15.0. The average molecular weight is 479 g/mol. The van der Waals surface area contributed by atoms with Gasteiger partial charge in [0.15, 0.2) is 4.34 Å². The Bertz CT molecular complexity index is 950. The molecule has 0 bridgehead atoms. The minimum atomic E-state index is -4.66. The zero-order valence-corrected chi connectivity index (χ0v) is 18.4. The molecule has 1 N–H and O–H groups in total. The van der Waals surface area contributed by atoms with Crippen LogP contribution in [-0.4, -0.2) is 33.3 Å². The first-order valence-electron chi connectivity index (χ1n) is 9.10. The number of benzene rings is 1. The molecule has 0 spiro atoms. The van der Waals surface area contributed by atoms with E-state index in [0.29, 0.717) is 15.9 Å². The van der Waals surface area contributed by atoms with Crippen molar-refractivity contribution in [3.05, 3.63) is 28.8 Å². The molecule has 1 aliphatic carbocycles. The van der Waals surface area contributed by atoms with Gasteiger partial charge in [0.05, 0.1) is 16.5 Å². The van der Waals surface area contributed by atoms with Gasteiger partial charge >= 0.3 is 6.18 Å². The van der Waals surface area contributed by atoms with Gasteiger partial charge in [-0.05, 0) is 38.0 Å². The molecule has 0 radical (unpaired) electrons. The molecule has 0 aliphatic heterocycles. The van der Waals surface area contributed by atoms with Crippen molar-refractivity contribution in [1.82, 2.24) is 10.2 Å². The number of rotatable bonds is 7. The van der Waals surface area contributed by atoms with E-state index < -0.39 is 22.9 Å². The molecule has 3 rings (SSSR count). The second-order valence-corrected chi connectivity index (χ2v) is 9.62. The van der Waals surface area contributed by atoms with Crippen LogP contribution in [0.1, 0.15) is 38.7 Å². The molecule has 1 unspecified atom stereocenters. The Morgan fingerprint density at radius 2 is 2.07 bits per heavy atom. The minimum Gasteiger partial charge on any atom is -0.325 e. The summed E-state index contributed by atoms with van der Waals surface area (Å²) in [5.74, 6) is -0.660. The predicted octanol–water partition coefficient (Wildman–Crippen LogP) is 5.24. The summed E-state index contributed by atoms with van der Waals surface area (Å²) in [5.41, 5.74) is -1.38. The van der Waals surface area contributed by atoms with E-state index in [2.05, 4.69) is 15.5 Å². The van der Waals surface area contributed by atoms with E-state index in [-0.39, 0.29) is 22.7 Å². The molecule has 2 amide bonds. The number of thioether (sulfide) groups is 1. The lowest BCUT2D eigenvalue weighted by atomic mass is 10.1. The first-order chi connectivity index (χ1) is 14.1. The smallest absolute Gasteiger partial charge is 0.325 e. The zero-order valence-electron chi connectivity index (χ0n) is 16.0. The average Bonchev–Trinajstić information content (AvgIpc) is 3.41. The summed E-state index contributed by atoms with van der Waals surface area (Å²) in [6.45, 7) is 3.33. The third-order valence-corrected chi connectivity index (χ3v) is 6.62. The standard InChI is InChI=1S/C18H18ClF3N4O2S2/c1-3-14(27)26(11-5-6-11)16-24-25-17(30-16)29-9(2)15(28)23-13-7-4-10(19)8-12(13)18(20,21)22/h4,7-9,11H,3,5-6H2,1-2H3,(H,23,28). The van der Waals surface area contributed by atoms with Gasteiger partial charge in [-0.25, -0.2) is 0 Å². The highest BCUT2D eigenvalue weighted by molar-refractivity contribution is 8.02. The first kappa shape index (κ1) is 22.8. The highest BCUT2D eigenvalue weighted by Crippen LogP contribution is 2.39. The van der Waals surface area contributed by atoms with Gasteiger partial charge < -0.3 is 5.32 Å². The molecule has 30 heavy (non-hydrogen) atoms. The molecule has 1 aromatic heterocycles. The fourth-order valence-corrected chi connectivity index (χ4v) is 4.86. The Morgan fingerprint density at radius 1 is 1.37 bits per heavy atom. The molecular weight excluding hydrogens is 461 g/mol. The van der Waals surface area contributed by atoms with Gasteiger partial charge in [-0.3, -0.25) is 14.5 Å². The molecular formula is C18H18ClF3N4O2S2. The number of hydrogen-bond donors (Lipinski definition) is 1. The van der Waals surface area contributed by atoms with E-state index in [4.69, 9.17) is 11.6 Å². The Kier molecular flexibility index (Phi) is 6.93. The van der Waals surface area contributed by atoms with Crippen LogP contribution in [0.4, 0.5) is 24.0 Å². The first-order valence-corrected chi connectivity index (χ1v) is 11.2. The molecule has 1 atom stereocenters. The third kappa shape index (κ3) is 5.44. The molecule has 1 heterocycles. The number of nitrogens with one attached hydrogen (secondary N) is 1. The summed E-state index contributed by atoms with van der Waals surface area (Å²) in [5, 5.41) is 10.0. The maximum atomic E-state index is 13.2. The summed E-state index contributed by atoms with van der Waals surface area (Å²) in [7, 11) is 0. The molecule has 2 aromatic rings. The molecule has 0 saturated heterocycles. The third-order valence-electron chi connectivity index (χ3n) is 4.28. The number of aromatic nitrogens is 2. The van der Waals surface area contributed by atoms with E-state index in [0.717, 1.165) is 36.7 Å². The summed E-state index contributed by atoms with van der Waals surface area (Å²) in [4.78, 5) is 26.3. The van der Waals surface area contributed by atoms with E-state index >= 15 is 0 Å². The maximum Gasteiger partial charge on any atom is 0.418 e. The van der Waals surface area contributed by atoms with Crippen molar-refractivity contribution in [3.8, 4) is 0 Å². The number of carbonyl (C=O) groups is 2. The van der Waals surface area contributed by atoms with Crippen molar-refractivity contribution in [3.63, 3.8) is 0 Å². The number of amides is 2. The molecule has 1 fully saturated rings. The summed E-state index contributed by atoms with van der Waals surface area (Å²) in [6, 6.07) is 3.30. The number of carbonyl (C=O) groups excluding carboxylic acids is 2. The summed E-state index contributed by atoms with van der Waals surface area (Å²) in [6.07, 6.45) is -2.49. The van der Waals surface area contributed by atoms with Crippen LogP contribution >= 0.6 is 34.7 Å². The van der Waals surface area contributed by atoms with Crippen LogP contribution < -0.4 is 10.2 Å². The Morgan fingerprint density at radius 3 is 2.67 bits per heavy atom. The molecule has 162 valence electrons. The van der Waals surface area contributed by atoms with Crippen molar-refractivity contribution < 1.29 is 22.8 Å². The molecule has 1 aliphatic rings. The number of alkyl halides is 3. The highest BCUT2D eigenvalue weighted by Gasteiger charge is 2.36. The molecule has 1 saturated carbocycles. The lowest BCUT2D eigenvalue weighted by molar-refractivity contribution is -0.137. The van der Waals surface area contributed by atoms with Gasteiger partial charge in [0.25, 0.3) is 0 Å². The van der Waals surface area contributed by atoms with Crippen molar-refractivity contribution in [2.45, 2.75) is 54.9 Å². The Labute approximate surface area is 184 Å². The topological polar surface area (TPSA) is 75.2 Å². The van der Waals surface area contributed by atoms with Gasteiger partial charge in [-0.1, -0.05) is 41.6 Å². The maximum absolute atomic E-state index is 13.2. The van der Waals surface area contributed by atoms with Crippen LogP contribution in [0, 0.1) is 0 Å². The van der Waals surface area contributed by atoms with Crippen LogP contribution in [-0.2, 0) is 15.8 Å². The monoisotopic (exact) mass is 478 g/mol. The van der Waals surface area contributed by atoms with Crippen molar-refractivity contribution >= 4 is 57.3 Å².